The Balaban J connectivity index is 2.44. The maximum atomic E-state index is 13.3. The van der Waals surface area contributed by atoms with Crippen LogP contribution < -0.4 is 10.6 Å². The number of anilines is 1. The minimum Gasteiger partial charge on any atom is -0.382 e. The summed E-state index contributed by atoms with van der Waals surface area (Å²) in [6.07, 6.45) is 0.712. The summed E-state index contributed by atoms with van der Waals surface area (Å²) in [5.41, 5.74) is -0.469. The number of hydrogen-bond donors (Lipinski definition) is 2. The molecule has 3 nitrogen and oxygen atoms in total. The quantitative estimate of drug-likeness (QED) is 0.624. The molecule has 0 fully saturated rings. The molecular formula is C12H15F3N2OS. The number of benzene rings is 1. The smallest absolute Gasteiger partial charge is 0.170 e. The van der Waals surface area contributed by atoms with Crippen molar-refractivity contribution in [3.63, 3.8) is 0 Å². The lowest BCUT2D eigenvalue weighted by Gasteiger charge is -2.12. The van der Waals surface area contributed by atoms with Crippen molar-refractivity contribution in [1.82, 2.24) is 5.32 Å². The van der Waals surface area contributed by atoms with Crippen molar-refractivity contribution in [2.75, 3.05) is 25.1 Å². The van der Waals surface area contributed by atoms with Crippen molar-refractivity contribution in [2.45, 2.75) is 13.3 Å². The molecular weight excluding hydrogens is 277 g/mol. The highest BCUT2D eigenvalue weighted by molar-refractivity contribution is 7.80. The molecule has 7 heteroatoms. The van der Waals surface area contributed by atoms with Gasteiger partial charge >= 0.3 is 0 Å². The summed E-state index contributed by atoms with van der Waals surface area (Å²) in [6, 6.07) is 1.17. The zero-order valence-electron chi connectivity index (χ0n) is 10.4. The normalized spacial score (nSPS) is 10.3. The summed E-state index contributed by atoms with van der Waals surface area (Å²) in [5, 5.41) is 5.20. The number of halogens is 3. The van der Waals surface area contributed by atoms with E-state index in [1.807, 2.05) is 6.92 Å². The van der Waals surface area contributed by atoms with Crippen LogP contribution in [-0.2, 0) is 4.74 Å². The monoisotopic (exact) mass is 292 g/mol. The lowest BCUT2D eigenvalue weighted by Crippen LogP contribution is -2.30. The highest BCUT2D eigenvalue weighted by Gasteiger charge is 2.12. The highest BCUT2D eigenvalue weighted by atomic mass is 32.1. The third kappa shape index (κ3) is 5.44. The van der Waals surface area contributed by atoms with E-state index in [0.717, 1.165) is 0 Å². The summed E-state index contributed by atoms with van der Waals surface area (Å²) in [5.74, 6) is -3.04. The molecule has 106 valence electrons. The highest BCUT2D eigenvalue weighted by Crippen LogP contribution is 2.19. The average Bonchev–Trinajstić information content (AvgIpc) is 2.33. The Labute approximate surface area is 115 Å². The first-order valence-corrected chi connectivity index (χ1v) is 6.22. The lowest BCUT2D eigenvalue weighted by atomic mass is 10.3. The Morgan fingerprint density at radius 1 is 1.26 bits per heavy atom. The molecule has 0 unspecified atom stereocenters. The fourth-order valence-electron chi connectivity index (χ4n) is 1.34. The van der Waals surface area contributed by atoms with Gasteiger partial charge in [0.05, 0.1) is 0 Å². The van der Waals surface area contributed by atoms with Gasteiger partial charge in [-0.1, -0.05) is 0 Å². The van der Waals surface area contributed by atoms with E-state index in [2.05, 4.69) is 10.6 Å². The average molecular weight is 292 g/mol. The largest absolute Gasteiger partial charge is 0.382 e. The van der Waals surface area contributed by atoms with Crippen LogP contribution in [0.4, 0.5) is 18.9 Å². The molecule has 0 saturated heterocycles. The Morgan fingerprint density at radius 3 is 2.47 bits per heavy atom. The Kier molecular flexibility index (Phi) is 6.58. The van der Waals surface area contributed by atoms with Crippen LogP contribution in [0.5, 0.6) is 0 Å². The second-order valence-electron chi connectivity index (χ2n) is 3.68. The fraction of sp³-hybridized carbons (Fsp3) is 0.417. The Morgan fingerprint density at radius 2 is 1.89 bits per heavy atom. The number of hydrogen-bond acceptors (Lipinski definition) is 2. The van der Waals surface area contributed by atoms with Crippen LogP contribution in [0.1, 0.15) is 13.3 Å². The van der Waals surface area contributed by atoms with E-state index >= 15 is 0 Å². The van der Waals surface area contributed by atoms with E-state index in [0.29, 0.717) is 38.3 Å². The summed E-state index contributed by atoms with van der Waals surface area (Å²) in [7, 11) is 0. The molecule has 0 atom stereocenters. The van der Waals surface area contributed by atoms with Gasteiger partial charge in [-0.3, -0.25) is 0 Å². The second kappa shape index (κ2) is 7.96. The molecule has 0 spiro atoms. The van der Waals surface area contributed by atoms with Crippen LogP contribution in [0.2, 0.25) is 0 Å². The van der Waals surface area contributed by atoms with Crippen molar-refractivity contribution in [2.24, 2.45) is 0 Å². The standard InChI is InChI=1S/C12H15F3N2OS/c1-2-18-5-3-4-16-12(19)17-11-9(14)6-8(13)7-10(11)15/h6-7H,2-5H2,1H3,(H2,16,17,19). The van der Waals surface area contributed by atoms with Gasteiger partial charge in [-0.25, -0.2) is 13.2 Å². The summed E-state index contributed by atoms with van der Waals surface area (Å²) >= 11 is 4.88. The van der Waals surface area contributed by atoms with Gasteiger partial charge in [-0.2, -0.15) is 0 Å². The molecule has 0 aliphatic heterocycles. The SMILES string of the molecule is CCOCCCNC(=S)Nc1c(F)cc(F)cc1F. The van der Waals surface area contributed by atoms with Gasteiger partial charge in [0.15, 0.2) is 16.7 Å². The lowest BCUT2D eigenvalue weighted by molar-refractivity contribution is 0.146. The van der Waals surface area contributed by atoms with Crippen LogP contribution in [0.25, 0.3) is 0 Å². The minimum atomic E-state index is -1.03. The van der Waals surface area contributed by atoms with E-state index in [1.165, 1.54) is 0 Å². The second-order valence-corrected chi connectivity index (χ2v) is 4.08. The maximum Gasteiger partial charge on any atom is 0.170 e. The topological polar surface area (TPSA) is 33.3 Å². The molecule has 0 bridgehead atoms. The van der Waals surface area contributed by atoms with Crippen molar-refractivity contribution >= 4 is 23.0 Å². The molecule has 1 aromatic rings. The molecule has 0 heterocycles. The molecule has 19 heavy (non-hydrogen) atoms. The van der Waals surface area contributed by atoms with Crippen LogP contribution in [-0.4, -0.2) is 24.9 Å². The molecule has 1 aromatic carbocycles. The van der Waals surface area contributed by atoms with Crippen LogP contribution in [0.15, 0.2) is 12.1 Å². The molecule has 0 amide bonds. The fourth-order valence-corrected chi connectivity index (χ4v) is 1.54. The molecule has 0 aliphatic carbocycles. The van der Waals surface area contributed by atoms with Gasteiger partial charge in [0, 0.05) is 31.9 Å². The Hall–Kier alpha value is -1.34. The summed E-state index contributed by atoms with van der Waals surface area (Å²) < 4.78 is 44.4. The van der Waals surface area contributed by atoms with Gasteiger partial charge < -0.3 is 15.4 Å². The Bertz CT molecular complexity index is 420. The third-order valence-corrected chi connectivity index (χ3v) is 2.45. The maximum absolute atomic E-state index is 13.3. The van der Waals surface area contributed by atoms with Crippen molar-refractivity contribution in [3.8, 4) is 0 Å². The first-order chi connectivity index (χ1) is 9.04. The molecule has 2 N–H and O–H groups in total. The summed E-state index contributed by atoms with van der Waals surface area (Å²) in [6.45, 7) is 3.61. The van der Waals surface area contributed by atoms with E-state index in [9.17, 15) is 13.2 Å². The van der Waals surface area contributed by atoms with Crippen molar-refractivity contribution < 1.29 is 17.9 Å². The zero-order valence-corrected chi connectivity index (χ0v) is 11.3. The van der Waals surface area contributed by atoms with Crippen LogP contribution >= 0.6 is 12.2 Å². The van der Waals surface area contributed by atoms with E-state index < -0.39 is 23.1 Å². The van der Waals surface area contributed by atoms with E-state index in [1.54, 1.807) is 0 Å². The first-order valence-electron chi connectivity index (χ1n) is 5.81. The number of ether oxygens (including phenoxy) is 1. The van der Waals surface area contributed by atoms with Gasteiger partial charge in [-0.15, -0.1) is 0 Å². The third-order valence-electron chi connectivity index (χ3n) is 2.20. The van der Waals surface area contributed by atoms with Crippen molar-refractivity contribution in [1.29, 1.82) is 0 Å². The van der Waals surface area contributed by atoms with E-state index in [4.69, 9.17) is 17.0 Å². The molecule has 0 aliphatic rings. The van der Waals surface area contributed by atoms with Crippen LogP contribution in [0, 0.1) is 17.5 Å². The molecule has 0 radical (unpaired) electrons. The molecule has 1 rings (SSSR count). The van der Waals surface area contributed by atoms with Gasteiger partial charge in [0.1, 0.15) is 11.5 Å². The molecule has 0 aromatic heterocycles. The number of nitrogens with one attached hydrogen (secondary N) is 2. The van der Waals surface area contributed by atoms with E-state index in [-0.39, 0.29) is 5.11 Å². The predicted molar refractivity (Wildman–Crippen MR) is 71.6 cm³/mol. The first kappa shape index (κ1) is 15.7. The predicted octanol–water partition coefficient (Wildman–Crippen LogP) is 2.82. The zero-order chi connectivity index (χ0) is 14.3. The molecule has 0 saturated carbocycles. The van der Waals surface area contributed by atoms with Crippen LogP contribution in [0.3, 0.4) is 0 Å². The number of rotatable bonds is 6. The van der Waals surface area contributed by atoms with Gasteiger partial charge in [0.25, 0.3) is 0 Å². The minimum absolute atomic E-state index is 0.0703. The summed E-state index contributed by atoms with van der Waals surface area (Å²) in [4.78, 5) is 0. The van der Waals surface area contributed by atoms with Gasteiger partial charge in [-0.05, 0) is 25.6 Å². The number of thiocarbonyl (C=S) groups is 1. The van der Waals surface area contributed by atoms with Crippen molar-refractivity contribution in [3.05, 3.63) is 29.6 Å². The van der Waals surface area contributed by atoms with Gasteiger partial charge in [0.2, 0.25) is 0 Å².